The fourth-order valence-corrected chi connectivity index (χ4v) is 6.06. The lowest BCUT2D eigenvalue weighted by molar-refractivity contribution is -0.156. The van der Waals surface area contributed by atoms with Gasteiger partial charge in [0.25, 0.3) is 0 Å². The molecular formula is C33H64O4. The van der Waals surface area contributed by atoms with E-state index in [4.69, 9.17) is 0 Å². The summed E-state index contributed by atoms with van der Waals surface area (Å²) in [4.78, 5) is 24.4. The van der Waals surface area contributed by atoms with Crippen LogP contribution in [0.5, 0.6) is 0 Å². The fourth-order valence-electron chi connectivity index (χ4n) is 6.06. The van der Waals surface area contributed by atoms with E-state index in [1.54, 1.807) is 0 Å². The van der Waals surface area contributed by atoms with Crippen molar-refractivity contribution in [3.63, 3.8) is 0 Å². The third-order valence-corrected chi connectivity index (χ3v) is 8.52. The number of carbonyl (C=O) groups is 2. The maximum Gasteiger partial charge on any atom is 0.309 e. The molecule has 0 amide bonds. The van der Waals surface area contributed by atoms with Gasteiger partial charge in [0, 0.05) is 6.42 Å². The van der Waals surface area contributed by atoms with E-state index in [1.165, 1.54) is 96.3 Å². The first-order valence-corrected chi connectivity index (χ1v) is 16.4. The highest BCUT2D eigenvalue weighted by molar-refractivity contribution is 5.75. The topological polar surface area (TPSA) is 74.6 Å². The van der Waals surface area contributed by atoms with Gasteiger partial charge >= 0.3 is 11.9 Å². The first-order valence-electron chi connectivity index (χ1n) is 16.4. The predicted octanol–water partition coefficient (Wildman–Crippen LogP) is 11.0. The molecule has 0 rings (SSSR count). The van der Waals surface area contributed by atoms with E-state index in [9.17, 15) is 19.8 Å². The van der Waals surface area contributed by atoms with Crippen LogP contribution in [0.3, 0.4) is 0 Å². The minimum Gasteiger partial charge on any atom is -0.481 e. The Morgan fingerprint density at radius 3 is 1.22 bits per heavy atom. The Morgan fingerprint density at radius 2 is 0.865 bits per heavy atom. The van der Waals surface area contributed by atoms with Crippen molar-refractivity contribution in [2.75, 3.05) is 0 Å². The van der Waals surface area contributed by atoms with Gasteiger partial charge in [-0.05, 0) is 31.6 Å². The molecule has 0 spiro atoms. The highest BCUT2D eigenvalue weighted by Gasteiger charge is 2.44. The third-order valence-electron chi connectivity index (χ3n) is 8.52. The van der Waals surface area contributed by atoms with E-state index in [2.05, 4.69) is 20.8 Å². The molecule has 0 aliphatic carbocycles. The van der Waals surface area contributed by atoms with Gasteiger partial charge in [-0.1, -0.05) is 156 Å². The summed E-state index contributed by atoms with van der Waals surface area (Å²) in [5.74, 6) is -1.49. The van der Waals surface area contributed by atoms with E-state index in [0.29, 0.717) is 19.3 Å². The van der Waals surface area contributed by atoms with Crippen LogP contribution >= 0.6 is 0 Å². The molecule has 0 heterocycles. The number of hydrogen-bond donors (Lipinski definition) is 2. The second-order valence-corrected chi connectivity index (χ2v) is 11.7. The molecule has 220 valence electrons. The van der Waals surface area contributed by atoms with Crippen LogP contribution in [0.4, 0.5) is 0 Å². The zero-order valence-corrected chi connectivity index (χ0v) is 25.2. The lowest BCUT2D eigenvalue weighted by atomic mass is 9.65. The van der Waals surface area contributed by atoms with Gasteiger partial charge in [0.2, 0.25) is 0 Å². The molecule has 2 atom stereocenters. The average Bonchev–Trinajstić information content (AvgIpc) is 2.87. The summed E-state index contributed by atoms with van der Waals surface area (Å²) in [5.41, 5.74) is -0.759. The Hall–Kier alpha value is -1.06. The van der Waals surface area contributed by atoms with Gasteiger partial charge < -0.3 is 10.2 Å². The van der Waals surface area contributed by atoms with Crippen LogP contribution in [0.15, 0.2) is 0 Å². The first-order chi connectivity index (χ1) is 17.9. The average molecular weight is 525 g/mol. The van der Waals surface area contributed by atoms with Gasteiger partial charge in [0.05, 0.1) is 5.41 Å². The van der Waals surface area contributed by atoms with Crippen LogP contribution in [0.25, 0.3) is 0 Å². The van der Waals surface area contributed by atoms with Gasteiger partial charge in [-0.25, -0.2) is 0 Å². The molecule has 0 aromatic rings. The Bertz CT molecular complexity index is 532. The molecule has 2 unspecified atom stereocenters. The van der Waals surface area contributed by atoms with Crippen LogP contribution in [0.2, 0.25) is 0 Å². The van der Waals surface area contributed by atoms with Crippen LogP contribution in [0, 0.1) is 11.3 Å². The van der Waals surface area contributed by atoms with E-state index in [1.807, 2.05) is 0 Å². The Kier molecular flexibility index (Phi) is 24.5. The van der Waals surface area contributed by atoms with E-state index < -0.39 is 17.4 Å². The Labute approximate surface area is 230 Å². The highest BCUT2D eigenvalue weighted by Crippen LogP contribution is 2.44. The van der Waals surface area contributed by atoms with Crippen LogP contribution in [0.1, 0.15) is 188 Å². The molecule has 0 aromatic heterocycles. The summed E-state index contributed by atoms with van der Waals surface area (Å²) in [5, 5.41) is 20.1. The monoisotopic (exact) mass is 524 g/mol. The zero-order valence-electron chi connectivity index (χ0n) is 25.2. The molecule has 0 radical (unpaired) electrons. The lowest BCUT2D eigenvalue weighted by Crippen LogP contribution is -2.39. The molecule has 0 aliphatic heterocycles. The number of aliphatic carboxylic acids is 2. The van der Waals surface area contributed by atoms with Crippen molar-refractivity contribution in [3.05, 3.63) is 0 Å². The molecule has 0 aliphatic rings. The second-order valence-electron chi connectivity index (χ2n) is 11.7. The summed E-state index contributed by atoms with van der Waals surface area (Å²) in [6, 6.07) is 0. The summed E-state index contributed by atoms with van der Waals surface area (Å²) in [6.07, 6.45) is 28.0. The van der Waals surface area contributed by atoms with Gasteiger partial charge in [-0.15, -0.1) is 0 Å². The third kappa shape index (κ3) is 18.8. The van der Waals surface area contributed by atoms with Crippen molar-refractivity contribution in [1.29, 1.82) is 0 Å². The van der Waals surface area contributed by atoms with Gasteiger partial charge in [-0.2, -0.15) is 0 Å². The SMILES string of the molecule is CCCCCCCCCCCC(CCC(=O)O)C(CCCCCCC)(CCCCCCCCC)C(=O)O. The lowest BCUT2D eigenvalue weighted by Gasteiger charge is -2.38. The van der Waals surface area contributed by atoms with Crippen molar-refractivity contribution < 1.29 is 19.8 Å². The molecule has 4 nitrogen and oxygen atoms in total. The predicted molar refractivity (Wildman–Crippen MR) is 158 cm³/mol. The minimum absolute atomic E-state index is 0.0306. The molecule has 4 heteroatoms. The molecule has 0 aromatic carbocycles. The number of hydrogen-bond acceptors (Lipinski definition) is 2. The molecule has 2 N–H and O–H groups in total. The highest BCUT2D eigenvalue weighted by atomic mass is 16.4. The van der Waals surface area contributed by atoms with E-state index >= 15 is 0 Å². The number of carboxylic acids is 2. The molecule has 0 fully saturated rings. The molecule has 37 heavy (non-hydrogen) atoms. The summed E-state index contributed by atoms with van der Waals surface area (Å²) in [6.45, 7) is 6.68. The zero-order chi connectivity index (χ0) is 27.6. The van der Waals surface area contributed by atoms with Crippen LogP contribution in [-0.2, 0) is 9.59 Å². The summed E-state index contributed by atoms with van der Waals surface area (Å²) < 4.78 is 0. The number of unbranched alkanes of at least 4 members (excludes halogenated alkanes) is 18. The molecule has 0 saturated heterocycles. The second kappa shape index (κ2) is 25.2. The smallest absolute Gasteiger partial charge is 0.309 e. The molecule has 0 bridgehead atoms. The van der Waals surface area contributed by atoms with Crippen LogP contribution < -0.4 is 0 Å². The summed E-state index contributed by atoms with van der Waals surface area (Å²) >= 11 is 0. The Morgan fingerprint density at radius 1 is 0.514 bits per heavy atom. The first kappa shape index (κ1) is 35.9. The van der Waals surface area contributed by atoms with Crippen molar-refractivity contribution in [3.8, 4) is 0 Å². The quantitative estimate of drug-likeness (QED) is 0.0954. The molecular weight excluding hydrogens is 460 g/mol. The van der Waals surface area contributed by atoms with E-state index in [-0.39, 0.29) is 12.3 Å². The fraction of sp³-hybridized carbons (Fsp3) is 0.939. The van der Waals surface area contributed by atoms with Gasteiger partial charge in [0.1, 0.15) is 0 Å². The van der Waals surface area contributed by atoms with Gasteiger partial charge in [-0.3, -0.25) is 9.59 Å². The standard InChI is InChI=1S/C33H64O4/c1-4-7-10-13-15-16-17-19-22-25-30(26-27-31(34)35)33(32(36)37,28-23-20-12-9-6-3)29-24-21-18-14-11-8-5-2/h30H,4-29H2,1-3H3,(H,34,35)(H,36,37). The van der Waals surface area contributed by atoms with Crippen molar-refractivity contribution in [1.82, 2.24) is 0 Å². The minimum atomic E-state index is -0.796. The molecule has 0 saturated carbocycles. The van der Waals surface area contributed by atoms with Crippen LogP contribution in [-0.4, -0.2) is 22.2 Å². The largest absolute Gasteiger partial charge is 0.481 e. The van der Waals surface area contributed by atoms with Crippen molar-refractivity contribution >= 4 is 11.9 Å². The summed E-state index contributed by atoms with van der Waals surface area (Å²) in [7, 11) is 0. The van der Waals surface area contributed by atoms with Crippen molar-refractivity contribution in [2.45, 2.75) is 188 Å². The maximum absolute atomic E-state index is 12.9. The Balaban J connectivity index is 5.15. The van der Waals surface area contributed by atoms with Gasteiger partial charge in [0.15, 0.2) is 0 Å². The van der Waals surface area contributed by atoms with E-state index in [0.717, 1.165) is 44.9 Å². The number of rotatable bonds is 29. The normalized spacial score (nSPS) is 13.9. The maximum atomic E-state index is 12.9. The van der Waals surface area contributed by atoms with Crippen molar-refractivity contribution in [2.24, 2.45) is 11.3 Å². The number of carboxylic acid groups (broad SMARTS) is 2.